The summed E-state index contributed by atoms with van der Waals surface area (Å²) in [5, 5.41) is 8.96. The number of hydrogen-bond acceptors (Lipinski definition) is 4. The normalized spacial score (nSPS) is 17.2. The molecule has 0 aliphatic heterocycles. The lowest BCUT2D eigenvalue weighted by molar-refractivity contribution is 1.04. The zero-order chi connectivity index (χ0) is 23.1. The van der Waals surface area contributed by atoms with Crippen LogP contribution in [0, 0.1) is 12.3 Å². The Labute approximate surface area is 193 Å². The van der Waals surface area contributed by atoms with E-state index in [4.69, 9.17) is 16.1 Å². The molecule has 0 amide bonds. The maximum Gasteiger partial charge on any atom is 0.114 e. The summed E-state index contributed by atoms with van der Waals surface area (Å²) in [5.74, 6) is 0.369. The first-order valence-electron chi connectivity index (χ1n) is 11.0. The molecule has 6 nitrogen and oxygen atoms in total. The van der Waals surface area contributed by atoms with Crippen LogP contribution in [0.2, 0.25) is 0 Å². The first kappa shape index (κ1) is 20.7. The van der Waals surface area contributed by atoms with Crippen molar-refractivity contribution in [2.24, 2.45) is 0 Å². The van der Waals surface area contributed by atoms with Gasteiger partial charge in [-0.15, -0.1) is 0 Å². The number of anilines is 1. The predicted molar refractivity (Wildman–Crippen MR) is 134 cm³/mol. The van der Waals surface area contributed by atoms with Gasteiger partial charge in [0.1, 0.15) is 11.4 Å². The first-order valence-corrected chi connectivity index (χ1v) is 11.0. The van der Waals surface area contributed by atoms with Gasteiger partial charge in [-0.1, -0.05) is 42.5 Å². The molecule has 2 aliphatic rings. The molecule has 0 spiro atoms. The molecule has 33 heavy (non-hydrogen) atoms. The number of aromatic nitrogens is 4. The number of nitrogens with one attached hydrogen (secondary N) is 2. The molecular formula is C27H26N6. The average molecular weight is 435 g/mol. The lowest BCUT2D eigenvalue weighted by Crippen LogP contribution is -2.10. The molecule has 1 unspecified atom stereocenters. The van der Waals surface area contributed by atoms with Gasteiger partial charge in [-0.3, -0.25) is 5.41 Å². The third kappa shape index (κ3) is 3.69. The SMILES string of the molecule is C=C/C=C(\C=C/C)c1ccc(N)c(C(=N)c2cc3c([nH]2)C2CC2=CC=C3n2cnc(C)c2)n1. The Balaban J connectivity index is 1.57. The number of H-pyrrole nitrogens is 1. The molecule has 1 saturated carbocycles. The second kappa shape index (κ2) is 8.06. The minimum Gasteiger partial charge on any atom is -0.397 e. The molecule has 5 rings (SSSR count). The molecular weight excluding hydrogens is 408 g/mol. The van der Waals surface area contributed by atoms with Crippen molar-refractivity contribution < 1.29 is 0 Å². The van der Waals surface area contributed by atoms with Crippen molar-refractivity contribution in [3.63, 3.8) is 0 Å². The number of nitrogens with two attached hydrogens (primary N) is 1. The van der Waals surface area contributed by atoms with Crippen molar-refractivity contribution >= 4 is 22.7 Å². The maximum absolute atomic E-state index is 8.96. The summed E-state index contributed by atoms with van der Waals surface area (Å²) < 4.78 is 2.04. The number of nitrogen functional groups attached to an aromatic ring is 1. The summed E-state index contributed by atoms with van der Waals surface area (Å²) in [4.78, 5) is 12.6. The summed E-state index contributed by atoms with van der Waals surface area (Å²) in [7, 11) is 0. The number of nitrogens with zero attached hydrogens (tertiary/aromatic N) is 3. The Kier molecular flexibility index (Phi) is 5.05. The molecule has 6 heteroatoms. The highest BCUT2D eigenvalue weighted by Gasteiger charge is 2.37. The van der Waals surface area contributed by atoms with E-state index in [1.807, 2.05) is 67.4 Å². The Morgan fingerprint density at radius 1 is 1.33 bits per heavy atom. The van der Waals surface area contributed by atoms with Gasteiger partial charge in [0.2, 0.25) is 0 Å². The molecule has 0 saturated heterocycles. The largest absolute Gasteiger partial charge is 0.397 e. The Hall–Kier alpha value is -4.19. The van der Waals surface area contributed by atoms with Crippen molar-refractivity contribution in [3.05, 3.63) is 113 Å². The fourth-order valence-electron chi connectivity index (χ4n) is 4.29. The van der Waals surface area contributed by atoms with Gasteiger partial charge in [-0.2, -0.15) is 0 Å². The molecule has 1 atom stereocenters. The molecule has 3 aromatic rings. The van der Waals surface area contributed by atoms with Crippen molar-refractivity contribution in [1.29, 1.82) is 5.41 Å². The molecule has 0 aromatic carbocycles. The number of fused-ring (bicyclic) bond motifs is 3. The zero-order valence-corrected chi connectivity index (χ0v) is 18.8. The summed E-state index contributed by atoms with van der Waals surface area (Å²) in [5.41, 5.74) is 15.4. The standard InChI is InChI=1S/C27H26N6/c1-4-6-17(7-5-2)22-10-9-21(28)27(31-22)25(29)23-13-20-24(33-14-16(3)30-15-33)11-8-18-12-19(18)26(20)32-23/h4-11,13-15,19,29,32H,1,12,28H2,2-3H3/b7-5-,17-6+,29-25?. The Morgan fingerprint density at radius 3 is 2.91 bits per heavy atom. The average Bonchev–Trinajstić information content (AvgIpc) is 3.28. The summed E-state index contributed by atoms with van der Waals surface area (Å²) >= 11 is 0. The maximum atomic E-state index is 8.96. The third-order valence-electron chi connectivity index (χ3n) is 6.02. The van der Waals surface area contributed by atoms with Crippen LogP contribution in [0.1, 0.15) is 53.3 Å². The van der Waals surface area contributed by atoms with Crippen molar-refractivity contribution in [3.8, 4) is 0 Å². The first-order chi connectivity index (χ1) is 16.0. The quantitative estimate of drug-likeness (QED) is 0.359. The number of allylic oxidation sites excluding steroid dienone is 8. The zero-order valence-electron chi connectivity index (χ0n) is 18.8. The van der Waals surface area contributed by atoms with Crippen LogP contribution in [0.5, 0.6) is 0 Å². The Morgan fingerprint density at radius 2 is 2.18 bits per heavy atom. The summed E-state index contributed by atoms with van der Waals surface area (Å²) in [6.45, 7) is 7.73. The number of aromatic amines is 1. The molecule has 3 aromatic heterocycles. The van der Waals surface area contributed by atoms with E-state index in [0.717, 1.165) is 40.3 Å². The summed E-state index contributed by atoms with van der Waals surface area (Å²) in [6, 6.07) is 5.71. The molecule has 1 fully saturated rings. The van der Waals surface area contributed by atoms with E-state index in [2.05, 4.69) is 28.7 Å². The van der Waals surface area contributed by atoms with Crippen LogP contribution >= 0.6 is 0 Å². The predicted octanol–water partition coefficient (Wildman–Crippen LogP) is 5.37. The minimum absolute atomic E-state index is 0.271. The topological polar surface area (TPSA) is 96.4 Å². The van der Waals surface area contributed by atoms with E-state index >= 15 is 0 Å². The number of pyridine rings is 1. The van der Waals surface area contributed by atoms with Gasteiger partial charge < -0.3 is 15.3 Å². The van der Waals surface area contributed by atoms with E-state index in [-0.39, 0.29) is 5.71 Å². The Bertz CT molecular complexity index is 1410. The number of rotatable bonds is 6. The third-order valence-corrected chi connectivity index (χ3v) is 6.02. The molecule has 0 bridgehead atoms. The van der Waals surface area contributed by atoms with Crippen molar-refractivity contribution in [2.75, 3.05) is 5.73 Å². The highest BCUT2D eigenvalue weighted by molar-refractivity contribution is 6.12. The molecule has 0 radical (unpaired) electrons. The van der Waals surface area contributed by atoms with Gasteiger partial charge >= 0.3 is 0 Å². The van der Waals surface area contributed by atoms with Crippen molar-refractivity contribution in [2.45, 2.75) is 26.2 Å². The second-order valence-electron chi connectivity index (χ2n) is 8.35. The fraction of sp³-hybridized carbons (Fsp3) is 0.148. The van der Waals surface area contributed by atoms with Gasteiger partial charge in [0.05, 0.1) is 34.8 Å². The van der Waals surface area contributed by atoms with Crippen molar-refractivity contribution in [1.82, 2.24) is 19.5 Å². The van der Waals surface area contributed by atoms with Crippen LogP contribution in [0.3, 0.4) is 0 Å². The monoisotopic (exact) mass is 434 g/mol. The van der Waals surface area contributed by atoms with E-state index < -0.39 is 0 Å². The smallest absolute Gasteiger partial charge is 0.114 e. The van der Waals surface area contributed by atoms with Crippen LogP contribution in [0.25, 0.3) is 11.3 Å². The van der Waals surface area contributed by atoms with Gasteiger partial charge in [-0.05, 0) is 50.1 Å². The van der Waals surface area contributed by atoms with Crippen LogP contribution < -0.4 is 5.73 Å². The lowest BCUT2D eigenvalue weighted by atomic mass is 10.1. The number of aryl methyl sites for hydroxylation is 1. The minimum atomic E-state index is 0.271. The van der Waals surface area contributed by atoms with E-state index in [1.54, 1.807) is 6.08 Å². The summed E-state index contributed by atoms with van der Waals surface area (Å²) in [6.07, 6.45) is 16.8. The van der Waals surface area contributed by atoms with E-state index in [9.17, 15) is 0 Å². The van der Waals surface area contributed by atoms with E-state index in [1.165, 1.54) is 5.57 Å². The van der Waals surface area contributed by atoms with Crippen LogP contribution in [0.4, 0.5) is 5.69 Å². The van der Waals surface area contributed by atoms with Gasteiger partial charge in [-0.25, -0.2) is 9.97 Å². The van der Waals surface area contributed by atoms with Crippen LogP contribution in [-0.2, 0) is 0 Å². The van der Waals surface area contributed by atoms with E-state index in [0.29, 0.717) is 23.0 Å². The van der Waals surface area contributed by atoms with Gasteiger partial charge in [0.15, 0.2) is 0 Å². The van der Waals surface area contributed by atoms with Crippen LogP contribution in [0.15, 0.2) is 79.3 Å². The molecule has 2 aliphatic carbocycles. The van der Waals surface area contributed by atoms with Gasteiger partial charge in [0.25, 0.3) is 0 Å². The highest BCUT2D eigenvalue weighted by atomic mass is 15.0. The highest BCUT2D eigenvalue weighted by Crippen LogP contribution is 2.50. The lowest BCUT2D eigenvalue weighted by Gasteiger charge is -2.09. The second-order valence-corrected chi connectivity index (χ2v) is 8.35. The van der Waals surface area contributed by atoms with Gasteiger partial charge in [0, 0.05) is 23.4 Å². The molecule has 164 valence electrons. The molecule has 4 N–H and O–H groups in total. The number of hydrogen-bond donors (Lipinski definition) is 3. The fourth-order valence-corrected chi connectivity index (χ4v) is 4.29. The molecule has 3 heterocycles. The number of imidazole rings is 1. The van der Waals surface area contributed by atoms with Crippen LogP contribution in [-0.4, -0.2) is 25.2 Å².